The minimum atomic E-state index is -0.108. The molecule has 1 N–H and O–H groups in total. The first-order valence-electron chi connectivity index (χ1n) is 9.89. The maximum Gasteiger partial charge on any atom is 0.269 e. The Morgan fingerprint density at radius 3 is 2.54 bits per heavy atom. The van der Waals surface area contributed by atoms with Crippen LogP contribution in [0.1, 0.15) is 47.8 Å². The highest BCUT2D eigenvalue weighted by atomic mass is 16.5. The summed E-state index contributed by atoms with van der Waals surface area (Å²) < 4.78 is 10.8. The molecular weight excluding hydrogens is 354 g/mol. The predicted molar refractivity (Wildman–Crippen MR) is 110 cm³/mol. The van der Waals surface area contributed by atoms with Crippen LogP contribution in [0, 0.1) is 0 Å². The Kier molecular flexibility index (Phi) is 6.74. The van der Waals surface area contributed by atoms with E-state index in [2.05, 4.69) is 28.2 Å². The highest BCUT2D eigenvalue weighted by Crippen LogP contribution is 2.34. The van der Waals surface area contributed by atoms with Gasteiger partial charge in [0.2, 0.25) is 0 Å². The zero-order chi connectivity index (χ0) is 19.9. The lowest BCUT2D eigenvalue weighted by Gasteiger charge is -2.31. The Balaban J connectivity index is 1.66. The second-order valence-corrected chi connectivity index (χ2v) is 7.01. The third-order valence-corrected chi connectivity index (χ3v) is 5.13. The van der Waals surface area contributed by atoms with Crippen molar-refractivity contribution in [1.29, 1.82) is 0 Å². The number of carbonyl (C=O) groups excluding carboxylic acids is 1. The van der Waals surface area contributed by atoms with Gasteiger partial charge in [0.25, 0.3) is 5.91 Å². The zero-order valence-electron chi connectivity index (χ0n) is 17.0. The number of pyridine rings is 1. The number of amides is 1. The smallest absolute Gasteiger partial charge is 0.269 e. The molecule has 6 heteroatoms. The topological polar surface area (TPSA) is 63.7 Å². The monoisotopic (exact) mass is 383 g/mol. The van der Waals surface area contributed by atoms with Crippen molar-refractivity contribution >= 4 is 11.6 Å². The SMILES string of the molecule is CCCCCNC(=O)c1ccc(N2CCc3cc(OC)c(OC)cc3C2)cn1. The molecule has 0 atom stereocenters. The van der Waals surface area contributed by atoms with Crippen LogP contribution in [0.3, 0.4) is 0 Å². The number of carbonyl (C=O) groups is 1. The van der Waals surface area contributed by atoms with Gasteiger partial charge >= 0.3 is 0 Å². The van der Waals surface area contributed by atoms with Gasteiger partial charge in [-0.05, 0) is 48.2 Å². The molecule has 3 rings (SSSR count). The molecule has 0 radical (unpaired) electrons. The molecule has 0 spiro atoms. The Hall–Kier alpha value is -2.76. The van der Waals surface area contributed by atoms with Crippen LogP contribution in [0.15, 0.2) is 30.5 Å². The van der Waals surface area contributed by atoms with Gasteiger partial charge in [0, 0.05) is 19.6 Å². The van der Waals surface area contributed by atoms with E-state index in [1.807, 2.05) is 12.1 Å². The van der Waals surface area contributed by atoms with Crippen LogP contribution in [0.5, 0.6) is 11.5 Å². The number of rotatable bonds is 8. The van der Waals surface area contributed by atoms with E-state index < -0.39 is 0 Å². The number of benzene rings is 1. The standard InChI is InChI=1S/C22H29N3O3/c1-4-5-6-10-23-22(26)19-8-7-18(14-24-19)25-11-9-16-12-20(27-2)21(28-3)13-17(16)15-25/h7-8,12-14H,4-6,9-11,15H2,1-3H3,(H,23,26). The number of nitrogens with zero attached hydrogens (tertiary/aromatic N) is 2. The average molecular weight is 383 g/mol. The van der Waals surface area contributed by atoms with Crippen molar-refractivity contribution in [1.82, 2.24) is 10.3 Å². The molecule has 1 amide bonds. The van der Waals surface area contributed by atoms with Gasteiger partial charge in [-0.2, -0.15) is 0 Å². The van der Waals surface area contributed by atoms with Crippen LogP contribution in [0.4, 0.5) is 5.69 Å². The Labute approximate surface area is 166 Å². The summed E-state index contributed by atoms with van der Waals surface area (Å²) in [6.07, 6.45) is 5.98. The fraction of sp³-hybridized carbons (Fsp3) is 0.455. The first-order valence-corrected chi connectivity index (χ1v) is 9.89. The minimum absolute atomic E-state index is 0.108. The van der Waals surface area contributed by atoms with Crippen molar-refractivity contribution in [2.45, 2.75) is 39.2 Å². The number of ether oxygens (including phenoxy) is 2. The van der Waals surface area contributed by atoms with Gasteiger partial charge in [0.15, 0.2) is 11.5 Å². The van der Waals surface area contributed by atoms with Crippen LogP contribution < -0.4 is 19.7 Å². The van der Waals surface area contributed by atoms with Crippen molar-refractivity contribution in [2.75, 3.05) is 32.2 Å². The van der Waals surface area contributed by atoms with Gasteiger partial charge in [-0.1, -0.05) is 19.8 Å². The van der Waals surface area contributed by atoms with E-state index >= 15 is 0 Å². The van der Waals surface area contributed by atoms with Gasteiger partial charge in [-0.15, -0.1) is 0 Å². The predicted octanol–water partition coefficient (Wildman–Crippen LogP) is 3.58. The van der Waals surface area contributed by atoms with Gasteiger partial charge in [-0.3, -0.25) is 4.79 Å². The molecule has 6 nitrogen and oxygen atoms in total. The van der Waals surface area contributed by atoms with Gasteiger partial charge in [-0.25, -0.2) is 4.98 Å². The van der Waals surface area contributed by atoms with E-state index in [9.17, 15) is 4.79 Å². The van der Waals surface area contributed by atoms with Crippen LogP contribution in [-0.4, -0.2) is 38.2 Å². The summed E-state index contributed by atoms with van der Waals surface area (Å²) >= 11 is 0. The maximum atomic E-state index is 12.2. The molecule has 1 aromatic carbocycles. The zero-order valence-corrected chi connectivity index (χ0v) is 17.0. The molecular formula is C22H29N3O3. The average Bonchev–Trinajstić information content (AvgIpc) is 2.75. The molecule has 150 valence electrons. The normalized spacial score (nSPS) is 13.0. The first kappa shape index (κ1) is 20.0. The summed E-state index contributed by atoms with van der Waals surface area (Å²) in [5.74, 6) is 1.41. The van der Waals surface area contributed by atoms with E-state index in [1.54, 1.807) is 26.5 Å². The Morgan fingerprint density at radius 2 is 1.89 bits per heavy atom. The van der Waals surface area contributed by atoms with Crippen LogP contribution in [0.25, 0.3) is 0 Å². The number of nitrogens with one attached hydrogen (secondary N) is 1. The van der Waals surface area contributed by atoms with E-state index in [-0.39, 0.29) is 5.91 Å². The quantitative estimate of drug-likeness (QED) is 0.706. The molecule has 0 aliphatic carbocycles. The molecule has 0 bridgehead atoms. The van der Waals surface area contributed by atoms with Crippen molar-refractivity contribution in [3.63, 3.8) is 0 Å². The van der Waals surface area contributed by atoms with Gasteiger partial charge in [0.05, 0.1) is 26.1 Å². The van der Waals surface area contributed by atoms with Crippen molar-refractivity contribution < 1.29 is 14.3 Å². The summed E-state index contributed by atoms with van der Waals surface area (Å²) in [4.78, 5) is 18.8. The molecule has 28 heavy (non-hydrogen) atoms. The van der Waals surface area contributed by atoms with E-state index in [0.717, 1.165) is 56.0 Å². The van der Waals surface area contributed by atoms with Crippen LogP contribution in [-0.2, 0) is 13.0 Å². The highest BCUT2D eigenvalue weighted by Gasteiger charge is 2.20. The molecule has 1 aliphatic heterocycles. The Morgan fingerprint density at radius 1 is 1.14 bits per heavy atom. The molecule has 0 saturated heterocycles. The largest absolute Gasteiger partial charge is 0.493 e. The fourth-order valence-electron chi connectivity index (χ4n) is 3.48. The number of unbranched alkanes of at least 4 members (excludes halogenated alkanes) is 2. The summed E-state index contributed by atoms with van der Waals surface area (Å²) in [7, 11) is 3.31. The number of anilines is 1. The van der Waals surface area contributed by atoms with Crippen molar-refractivity contribution in [2.24, 2.45) is 0 Å². The summed E-state index contributed by atoms with van der Waals surface area (Å²) in [6.45, 7) is 4.52. The fourth-order valence-corrected chi connectivity index (χ4v) is 3.48. The maximum absolute atomic E-state index is 12.2. The van der Waals surface area contributed by atoms with Crippen molar-refractivity contribution in [3.05, 3.63) is 47.3 Å². The lowest BCUT2D eigenvalue weighted by atomic mass is 9.98. The third-order valence-electron chi connectivity index (χ3n) is 5.13. The van der Waals surface area contributed by atoms with Gasteiger partial charge in [0.1, 0.15) is 5.69 Å². The Bertz CT molecular complexity index is 805. The van der Waals surface area contributed by atoms with Gasteiger partial charge < -0.3 is 19.7 Å². The number of methoxy groups -OCH3 is 2. The van der Waals surface area contributed by atoms with Crippen LogP contribution in [0.2, 0.25) is 0 Å². The lowest BCUT2D eigenvalue weighted by Crippen LogP contribution is -2.31. The molecule has 2 aromatic rings. The highest BCUT2D eigenvalue weighted by molar-refractivity contribution is 5.92. The first-order chi connectivity index (χ1) is 13.7. The second-order valence-electron chi connectivity index (χ2n) is 7.01. The summed E-state index contributed by atoms with van der Waals surface area (Å²) in [5, 5.41) is 2.93. The van der Waals surface area contributed by atoms with E-state index in [0.29, 0.717) is 12.2 Å². The number of hydrogen-bond acceptors (Lipinski definition) is 5. The molecule has 1 aromatic heterocycles. The minimum Gasteiger partial charge on any atom is -0.493 e. The molecule has 0 unspecified atom stereocenters. The molecule has 0 saturated carbocycles. The number of aromatic nitrogens is 1. The van der Waals surface area contributed by atoms with Crippen molar-refractivity contribution in [3.8, 4) is 11.5 Å². The second kappa shape index (κ2) is 9.44. The summed E-state index contributed by atoms with van der Waals surface area (Å²) in [5.41, 5.74) is 3.98. The van der Waals surface area contributed by atoms with E-state index in [4.69, 9.17) is 9.47 Å². The summed E-state index contributed by atoms with van der Waals surface area (Å²) in [6, 6.07) is 7.88. The van der Waals surface area contributed by atoms with Crippen LogP contribution >= 0.6 is 0 Å². The number of fused-ring (bicyclic) bond motifs is 1. The molecule has 1 aliphatic rings. The third kappa shape index (κ3) is 4.55. The molecule has 2 heterocycles. The molecule has 0 fully saturated rings. The lowest BCUT2D eigenvalue weighted by molar-refractivity contribution is 0.0948. The van der Waals surface area contributed by atoms with E-state index in [1.165, 1.54) is 11.1 Å². The number of hydrogen-bond donors (Lipinski definition) is 1.